The van der Waals surface area contributed by atoms with Gasteiger partial charge in [0.1, 0.15) is 24.0 Å². The number of fused-ring (bicyclic) bond motifs is 5. The topological polar surface area (TPSA) is 155 Å². The molecule has 4 aliphatic carbocycles. The van der Waals surface area contributed by atoms with Crippen LogP contribution in [0.2, 0.25) is 0 Å². The molecule has 0 radical (unpaired) electrons. The van der Waals surface area contributed by atoms with E-state index >= 15 is 0 Å². The summed E-state index contributed by atoms with van der Waals surface area (Å²) in [4.78, 5) is 53.0. The minimum atomic E-state index is -0.752. The summed E-state index contributed by atoms with van der Waals surface area (Å²) in [6, 6.07) is -2.16. The van der Waals surface area contributed by atoms with Gasteiger partial charge in [0.15, 0.2) is 0 Å². The Hall–Kier alpha value is -2.00. The third-order valence-corrected chi connectivity index (χ3v) is 13.4. The molecule has 0 heterocycles. The van der Waals surface area contributed by atoms with Gasteiger partial charge >= 0.3 is 5.97 Å². The Morgan fingerprint density at radius 2 is 1.46 bits per heavy atom. The predicted molar refractivity (Wildman–Crippen MR) is 188 cm³/mol. The molecule has 48 heavy (non-hydrogen) atoms. The minimum absolute atomic E-state index is 0.0684. The lowest BCUT2D eigenvalue weighted by Crippen LogP contribution is -2.56. The van der Waals surface area contributed by atoms with Crippen LogP contribution >= 0.6 is 0 Å². The fourth-order valence-electron chi connectivity index (χ4n) is 10.4. The van der Waals surface area contributed by atoms with Gasteiger partial charge in [-0.15, -0.1) is 0 Å². The van der Waals surface area contributed by atoms with Gasteiger partial charge in [0.05, 0.1) is 12.6 Å². The molecule has 0 aromatic carbocycles. The second-order valence-corrected chi connectivity index (χ2v) is 16.5. The maximum absolute atomic E-state index is 14.0. The van der Waals surface area contributed by atoms with Gasteiger partial charge in [-0.1, -0.05) is 66.2 Å². The number of ether oxygens (including phenoxy) is 1. The largest absolute Gasteiger partial charge is 0.460 e. The van der Waals surface area contributed by atoms with Gasteiger partial charge < -0.3 is 26.8 Å². The van der Waals surface area contributed by atoms with Crippen molar-refractivity contribution in [1.82, 2.24) is 10.6 Å². The molecule has 2 amide bonds. The summed E-state index contributed by atoms with van der Waals surface area (Å²) in [6.45, 7) is 9.81. The summed E-state index contributed by atoms with van der Waals surface area (Å²) in [5.41, 5.74) is 10.3. The molecule has 4 rings (SSSR count). The van der Waals surface area contributed by atoms with Crippen molar-refractivity contribution in [3.05, 3.63) is 0 Å². The van der Waals surface area contributed by atoms with E-state index in [0.717, 1.165) is 109 Å². The number of nitrogens with one attached hydrogen (secondary N) is 2. The Morgan fingerprint density at radius 1 is 0.812 bits per heavy atom. The average molecular weight is 674 g/mol. The second kappa shape index (κ2) is 17.8. The van der Waals surface area contributed by atoms with Crippen LogP contribution in [-0.2, 0) is 23.9 Å². The van der Waals surface area contributed by atoms with Crippen molar-refractivity contribution >= 4 is 23.6 Å². The Kier molecular flexibility index (Phi) is 14.4. The number of esters is 1. The zero-order valence-corrected chi connectivity index (χ0v) is 30.8. The lowest BCUT2D eigenvalue weighted by molar-refractivity contribution is -0.368. The summed E-state index contributed by atoms with van der Waals surface area (Å²) in [5, 5.41) is 5.95. The van der Waals surface area contributed by atoms with Crippen molar-refractivity contribution < 1.29 is 29.6 Å². The van der Waals surface area contributed by atoms with E-state index in [-0.39, 0.29) is 34.7 Å². The predicted octanol–water partition coefficient (Wildman–Crippen LogP) is 5.38. The highest BCUT2D eigenvalue weighted by Crippen LogP contribution is 2.66. The molecule has 10 atom stereocenters. The fourth-order valence-corrected chi connectivity index (χ4v) is 10.4. The lowest BCUT2D eigenvalue weighted by Gasteiger charge is -2.60. The number of ketones is 1. The molecule has 4 saturated carbocycles. The zero-order valence-electron chi connectivity index (χ0n) is 30.8. The van der Waals surface area contributed by atoms with Crippen LogP contribution in [0.5, 0.6) is 0 Å². The van der Waals surface area contributed by atoms with E-state index in [1.54, 1.807) is 0 Å². The number of amides is 2. The normalized spacial score (nSPS) is 33.0. The monoisotopic (exact) mass is 674 g/mol. The average Bonchev–Trinajstić information content (AvgIpc) is 3.39. The Balaban J connectivity index is 1.42. The van der Waals surface area contributed by atoms with E-state index in [1.165, 1.54) is 6.42 Å². The first-order valence-electron chi connectivity index (χ1n) is 19.9. The van der Waals surface area contributed by atoms with E-state index in [9.17, 15) is 19.2 Å². The lowest BCUT2D eigenvalue weighted by atomic mass is 9.45. The van der Waals surface area contributed by atoms with Gasteiger partial charge in [-0.25, -0.2) is 4.79 Å². The first-order chi connectivity index (χ1) is 23.0. The molecule has 0 bridgehead atoms. The maximum atomic E-state index is 14.0. The smallest absolute Gasteiger partial charge is 0.328 e. The number of hydrogen-bond donors (Lipinski definition) is 4. The third kappa shape index (κ3) is 9.01. The number of carbonyl (C=O) groups excluding carboxylic acids is 4. The molecule has 0 spiro atoms. The van der Waals surface area contributed by atoms with Crippen molar-refractivity contribution in [2.45, 2.75) is 180 Å². The molecule has 0 aromatic rings. The number of hydrogen-bond acceptors (Lipinski definition) is 6. The molecule has 0 saturated heterocycles. The third-order valence-electron chi connectivity index (χ3n) is 13.4. The van der Waals surface area contributed by atoms with Crippen LogP contribution in [0.1, 0.15) is 156 Å². The van der Waals surface area contributed by atoms with Crippen molar-refractivity contribution in [3.63, 3.8) is 0 Å². The van der Waals surface area contributed by atoms with E-state index in [4.69, 9.17) is 10.5 Å². The first-order valence-corrected chi connectivity index (χ1v) is 19.9. The molecule has 274 valence electrons. The minimum Gasteiger partial charge on any atom is -0.460 e. The quantitative estimate of drug-likeness (QED) is 0.113. The summed E-state index contributed by atoms with van der Waals surface area (Å²) < 4.78 is 6.44. The Bertz CT molecular complexity index is 1100. The van der Waals surface area contributed by atoms with Crippen LogP contribution in [-0.4, -0.2) is 54.3 Å². The molecule has 4 fully saturated rings. The van der Waals surface area contributed by atoms with Crippen LogP contribution < -0.4 is 22.1 Å². The number of Topliss-reactive ketones (excluding diaryl/α,β-unsaturated/α-hetero) is 1. The first kappa shape index (κ1) is 38.8. The fraction of sp³-hybridized carbons (Fsp3) is 0.897. The Morgan fingerprint density at radius 3 is 2.17 bits per heavy atom. The molecule has 9 heteroatoms. The van der Waals surface area contributed by atoms with Crippen LogP contribution in [0.25, 0.3) is 0 Å². The summed E-state index contributed by atoms with van der Waals surface area (Å²) in [7, 11) is 0. The maximum Gasteiger partial charge on any atom is 0.328 e. The number of unbranched alkanes of at least 4 members (excludes halogenated alkanes) is 5. The van der Waals surface area contributed by atoms with Gasteiger partial charge in [0.25, 0.3) is 0 Å². The van der Waals surface area contributed by atoms with Crippen molar-refractivity contribution in [2.75, 3.05) is 6.54 Å². The highest BCUT2D eigenvalue weighted by molar-refractivity contribution is 5.92. The second-order valence-electron chi connectivity index (χ2n) is 16.5. The van der Waals surface area contributed by atoms with Crippen molar-refractivity contribution in [2.24, 2.45) is 40.2 Å². The number of carbonyl (C=O) groups is 4. The molecule has 4 aliphatic rings. The van der Waals surface area contributed by atoms with E-state index in [1.807, 2.05) is 0 Å². The van der Waals surface area contributed by atoms with Gasteiger partial charge in [-0.3, -0.25) is 14.4 Å². The standard InChI is InChI=1S/C39H68N4O5/c1-5-7-9-13-31(41)35(45)42-32(14-11-12-24-40)36(46)43-33(15-10-8-6-2)37(47)48-34-19-18-29-28-17-16-26-25-27(44)20-22-38(26,3)30(28)21-23-39(29,34)4/h26,28-34H,5-25,40-41H2,1-4H3,(H,42,45)(H,43,46)/p+1. The molecular formula is C39H69N4O5+. The summed E-state index contributed by atoms with van der Waals surface area (Å²) >= 11 is 0. The highest BCUT2D eigenvalue weighted by Gasteiger charge is 2.61. The summed E-state index contributed by atoms with van der Waals surface area (Å²) in [6.07, 6.45) is 17.7. The number of rotatable bonds is 18. The number of quaternary nitrogens is 1. The molecule has 0 aromatic heterocycles. The van der Waals surface area contributed by atoms with Crippen molar-refractivity contribution in [3.8, 4) is 0 Å². The van der Waals surface area contributed by atoms with Crippen LogP contribution in [0.4, 0.5) is 0 Å². The van der Waals surface area contributed by atoms with Crippen molar-refractivity contribution in [1.29, 1.82) is 0 Å². The Labute approximate surface area is 290 Å². The van der Waals surface area contributed by atoms with Gasteiger partial charge in [0.2, 0.25) is 11.8 Å². The van der Waals surface area contributed by atoms with Crippen LogP contribution in [0.15, 0.2) is 0 Å². The van der Waals surface area contributed by atoms with Gasteiger partial charge in [-0.2, -0.15) is 0 Å². The van der Waals surface area contributed by atoms with E-state index in [2.05, 4.69) is 44.1 Å². The SMILES string of the molecule is CCCCCC(N)C(=O)NC(CCCC[NH3+])C(=O)NC(CCCCC)C(=O)OC1CCC2C3CCC4CC(=O)CCC4(C)C3CCC12C. The molecule has 10 unspecified atom stereocenters. The molecular weight excluding hydrogens is 604 g/mol. The van der Waals surface area contributed by atoms with Gasteiger partial charge in [-0.05, 0) is 106 Å². The van der Waals surface area contributed by atoms with Crippen LogP contribution in [0, 0.1) is 34.5 Å². The van der Waals surface area contributed by atoms with Gasteiger partial charge in [0, 0.05) is 18.3 Å². The van der Waals surface area contributed by atoms with E-state index in [0.29, 0.717) is 48.7 Å². The molecule has 7 N–H and O–H groups in total. The molecule has 9 nitrogen and oxygen atoms in total. The number of nitrogens with two attached hydrogens (primary N) is 1. The van der Waals surface area contributed by atoms with E-state index < -0.39 is 18.1 Å². The highest BCUT2D eigenvalue weighted by atomic mass is 16.5. The summed E-state index contributed by atoms with van der Waals surface area (Å²) in [5.74, 6) is 1.78. The molecule has 0 aliphatic heterocycles. The van der Waals surface area contributed by atoms with Crippen LogP contribution in [0.3, 0.4) is 0 Å². The zero-order chi connectivity index (χ0) is 34.9.